The van der Waals surface area contributed by atoms with E-state index in [1.165, 1.54) is 4.88 Å². The fraction of sp³-hybridized carbons (Fsp3) is 0.500. The Labute approximate surface area is 106 Å². The van der Waals surface area contributed by atoms with Crippen LogP contribution in [-0.4, -0.2) is 14.8 Å². The molecular formula is C12H18N4S. The van der Waals surface area contributed by atoms with Crippen molar-refractivity contribution in [1.29, 1.82) is 0 Å². The SMILES string of the molecule is Cc1nc(C)c(C(C)NCc2ccn(C)n2)s1. The molecule has 1 unspecified atom stereocenters. The van der Waals surface area contributed by atoms with Crippen LogP contribution >= 0.6 is 11.3 Å². The van der Waals surface area contributed by atoms with Gasteiger partial charge in [-0.15, -0.1) is 11.3 Å². The number of hydrogen-bond donors (Lipinski definition) is 1. The van der Waals surface area contributed by atoms with Crippen molar-refractivity contribution in [2.75, 3.05) is 0 Å². The van der Waals surface area contributed by atoms with E-state index in [9.17, 15) is 0 Å². The number of nitrogens with one attached hydrogen (secondary N) is 1. The first-order valence-corrected chi connectivity index (χ1v) is 6.53. The van der Waals surface area contributed by atoms with Gasteiger partial charge in [0.05, 0.1) is 16.4 Å². The van der Waals surface area contributed by atoms with Crippen molar-refractivity contribution in [3.63, 3.8) is 0 Å². The van der Waals surface area contributed by atoms with Gasteiger partial charge in [0.25, 0.3) is 0 Å². The van der Waals surface area contributed by atoms with Gasteiger partial charge < -0.3 is 5.32 Å². The molecule has 0 aliphatic heterocycles. The number of rotatable bonds is 4. The maximum Gasteiger partial charge on any atom is 0.0900 e. The Kier molecular flexibility index (Phi) is 3.59. The molecule has 0 saturated heterocycles. The Hall–Kier alpha value is -1.20. The van der Waals surface area contributed by atoms with Gasteiger partial charge in [0, 0.05) is 30.7 Å². The van der Waals surface area contributed by atoms with Gasteiger partial charge in [-0.2, -0.15) is 5.10 Å². The molecule has 2 heterocycles. The van der Waals surface area contributed by atoms with Gasteiger partial charge in [0.2, 0.25) is 0 Å². The second-order valence-corrected chi connectivity index (χ2v) is 5.50. The van der Waals surface area contributed by atoms with Gasteiger partial charge in [-0.25, -0.2) is 4.98 Å². The highest BCUT2D eigenvalue weighted by Crippen LogP contribution is 2.24. The minimum Gasteiger partial charge on any atom is -0.304 e. The fourth-order valence-electron chi connectivity index (χ4n) is 1.86. The van der Waals surface area contributed by atoms with Crippen LogP contribution in [0.2, 0.25) is 0 Å². The molecule has 2 aromatic heterocycles. The van der Waals surface area contributed by atoms with Gasteiger partial charge in [-0.1, -0.05) is 0 Å². The lowest BCUT2D eigenvalue weighted by atomic mass is 10.2. The van der Waals surface area contributed by atoms with Crippen LogP contribution in [0.25, 0.3) is 0 Å². The standard InChI is InChI=1S/C12H18N4S/c1-8(12-9(2)14-10(3)17-12)13-7-11-5-6-16(4)15-11/h5-6,8,13H,7H2,1-4H3. The Balaban J connectivity index is 1.97. The van der Waals surface area contributed by atoms with Crippen molar-refractivity contribution in [3.05, 3.63) is 33.5 Å². The molecule has 1 atom stereocenters. The van der Waals surface area contributed by atoms with Crippen LogP contribution in [0, 0.1) is 13.8 Å². The van der Waals surface area contributed by atoms with E-state index in [4.69, 9.17) is 0 Å². The molecule has 0 aliphatic carbocycles. The smallest absolute Gasteiger partial charge is 0.0900 e. The lowest BCUT2D eigenvalue weighted by molar-refractivity contribution is 0.566. The molecule has 0 bridgehead atoms. The number of aromatic nitrogens is 3. The normalized spacial score (nSPS) is 12.9. The molecular weight excluding hydrogens is 232 g/mol. The Morgan fingerprint density at radius 3 is 2.76 bits per heavy atom. The first kappa shape index (κ1) is 12.3. The quantitative estimate of drug-likeness (QED) is 0.905. The summed E-state index contributed by atoms with van der Waals surface area (Å²) in [6, 6.07) is 2.35. The first-order valence-electron chi connectivity index (χ1n) is 5.72. The van der Waals surface area contributed by atoms with Crippen molar-refractivity contribution in [2.24, 2.45) is 7.05 Å². The molecule has 5 heteroatoms. The van der Waals surface area contributed by atoms with Gasteiger partial charge in [0.1, 0.15) is 0 Å². The van der Waals surface area contributed by atoms with E-state index >= 15 is 0 Å². The maximum atomic E-state index is 4.45. The minimum atomic E-state index is 0.322. The molecule has 0 fully saturated rings. The predicted octanol–water partition coefficient (Wildman–Crippen LogP) is 2.34. The van der Waals surface area contributed by atoms with Crippen LogP contribution in [0.1, 0.15) is 34.2 Å². The molecule has 2 rings (SSSR count). The summed E-state index contributed by atoms with van der Waals surface area (Å²) in [6.45, 7) is 7.08. The van der Waals surface area contributed by atoms with Crippen LogP contribution in [-0.2, 0) is 13.6 Å². The zero-order valence-electron chi connectivity index (χ0n) is 10.7. The number of thiazole rings is 1. The highest BCUT2D eigenvalue weighted by molar-refractivity contribution is 7.11. The average Bonchev–Trinajstić information content (AvgIpc) is 2.81. The Morgan fingerprint density at radius 2 is 2.24 bits per heavy atom. The number of hydrogen-bond acceptors (Lipinski definition) is 4. The van der Waals surface area contributed by atoms with Crippen molar-refractivity contribution >= 4 is 11.3 Å². The second-order valence-electron chi connectivity index (χ2n) is 4.27. The predicted molar refractivity (Wildman–Crippen MR) is 70.1 cm³/mol. The summed E-state index contributed by atoms with van der Waals surface area (Å²) in [7, 11) is 1.93. The maximum absolute atomic E-state index is 4.45. The van der Waals surface area contributed by atoms with Gasteiger partial charge >= 0.3 is 0 Å². The van der Waals surface area contributed by atoms with Crippen LogP contribution in [0.15, 0.2) is 12.3 Å². The molecule has 0 amide bonds. The van der Waals surface area contributed by atoms with E-state index in [2.05, 4.69) is 29.2 Å². The van der Waals surface area contributed by atoms with E-state index in [0.717, 1.165) is 22.9 Å². The van der Waals surface area contributed by atoms with E-state index in [1.807, 2.05) is 30.9 Å². The third-order valence-electron chi connectivity index (χ3n) is 2.69. The largest absolute Gasteiger partial charge is 0.304 e. The summed E-state index contributed by atoms with van der Waals surface area (Å²) >= 11 is 1.76. The van der Waals surface area contributed by atoms with Gasteiger partial charge in [0.15, 0.2) is 0 Å². The molecule has 17 heavy (non-hydrogen) atoms. The average molecular weight is 250 g/mol. The summed E-state index contributed by atoms with van der Waals surface area (Å²) in [5.74, 6) is 0. The highest BCUT2D eigenvalue weighted by atomic mass is 32.1. The highest BCUT2D eigenvalue weighted by Gasteiger charge is 2.12. The Bertz CT molecular complexity index is 500. The molecule has 0 spiro atoms. The van der Waals surface area contributed by atoms with Crippen LogP contribution in [0.4, 0.5) is 0 Å². The van der Waals surface area contributed by atoms with Crippen molar-refractivity contribution in [3.8, 4) is 0 Å². The summed E-state index contributed by atoms with van der Waals surface area (Å²) in [5.41, 5.74) is 2.20. The van der Waals surface area contributed by atoms with Crippen LogP contribution < -0.4 is 5.32 Å². The topological polar surface area (TPSA) is 42.7 Å². The lowest BCUT2D eigenvalue weighted by Crippen LogP contribution is -2.18. The zero-order chi connectivity index (χ0) is 12.4. The summed E-state index contributed by atoms with van der Waals surface area (Å²) in [5, 5.41) is 8.95. The monoisotopic (exact) mass is 250 g/mol. The molecule has 0 aliphatic rings. The van der Waals surface area contributed by atoms with Crippen LogP contribution in [0.3, 0.4) is 0 Å². The summed E-state index contributed by atoms with van der Waals surface area (Å²) in [4.78, 5) is 5.77. The number of aryl methyl sites for hydroxylation is 3. The third kappa shape index (κ3) is 2.92. The van der Waals surface area contributed by atoms with Crippen molar-refractivity contribution in [2.45, 2.75) is 33.4 Å². The lowest BCUT2D eigenvalue weighted by Gasteiger charge is -2.11. The van der Waals surface area contributed by atoms with E-state index in [-0.39, 0.29) is 0 Å². The molecule has 92 valence electrons. The molecule has 2 aromatic rings. The first-order chi connectivity index (χ1) is 8.06. The number of nitrogens with zero attached hydrogens (tertiary/aromatic N) is 3. The molecule has 0 aromatic carbocycles. The molecule has 4 nitrogen and oxygen atoms in total. The van der Waals surface area contributed by atoms with E-state index < -0.39 is 0 Å². The summed E-state index contributed by atoms with van der Waals surface area (Å²) in [6.07, 6.45) is 1.96. The third-order valence-corrected chi connectivity index (χ3v) is 3.95. The van der Waals surface area contributed by atoms with Gasteiger partial charge in [-0.3, -0.25) is 4.68 Å². The van der Waals surface area contributed by atoms with Gasteiger partial charge in [-0.05, 0) is 26.8 Å². The minimum absolute atomic E-state index is 0.322. The Morgan fingerprint density at radius 1 is 1.47 bits per heavy atom. The second kappa shape index (κ2) is 4.98. The molecule has 0 radical (unpaired) electrons. The van der Waals surface area contributed by atoms with E-state index in [1.54, 1.807) is 11.3 Å². The molecule has 1 N–H and O–H groups in total. The molecule has 0 saturated carbocycles. The van der Waals surface area contributed by atoms with Crippen molar-refractivity contribution < 1.29 is 0 Å². The van der Waals surface area contributed by atoms with E-state index in [0.29, 0.717) is 6.04 Å². The van der Waals surface area contributed by atoms with Crippen molar-refractivity contribution in [1.82, 2.24) is 20.1 Å². The summed E-state index contributed by atoms with van der Waals surface area (Å²) < 4.78 is 1.82. The van der Waals surface area contributed by atoms with Crippen LogP contribution in [0.5, 0.6) is 0 Å². The zero-order valence-corrected chi connectivity index (χ0v) is 11.5. The fourth-order valence-corrected chi connectivity index (χ4v) is 2.81.